The third-order valence-electron chi connectivity index (χ3n) is 15.2. The fourth-order valence-electron chi connectivity index (χ4n) is 11.6. The van der Waals surface area contributed by atoms with Crippen LogP contribution in [0.3, 0.4) is 0 Å². The molecule has 0 N–H and O–H groups in total. The van der Waals surface area contributed by atoms with Gasteiger partial charge in [0.05, 0.1) is 22.1 Å². The monoisotopic (exact) mass is 987 g/mol. The first-order chi connectivity index (χ1) is 37.6. The van der Waals surface area contributed by atoms with Crippen LogP contribution in [-0.2, 0) is 0 Å². The molecule has 0 bridgehead atoms. The molecule has 5 heterocycles. The molecule has 6 nitrogen and oxygen atoms in total. The lowest BCUT2D eigenvalue weighted by Gasteiger charge is -2.09. The van der Waals surface area contributed by atoms with E-state index in [9.17, 15) is 0 Å². The highest BCUT2D eigenvalue weighted by Crippen LogP contribution is 2.43. The number of fused-ring (bicyclic) bond motifs is 12. The van der Waals surface area contributed by atoms with Gasteiger partial charge in [0, 0.05) is 80.6 Å². The van der Waals surface area contributed by atoms with E-state index in [0.717, 1.165) is 55.3 Å². The third kappa shape index (κ3) is 6.76. The van der Waals surface area contributed by atoms with Crippen LogP contribution in [0.1, 0.15) is 0 Å². The minimum atomic E-state index is 0.604. The lowest BCUT2D eigenvalue weighted by molar-refractivity contribution is 0.669. The summed E-state index contributed by atoms with van der Waals surface area (Å²) >= 11 is 1.86. The minimum Gasteiger partial charge on any atom is -0.456 e. The van der Waals surface area contributed by atoms with E-state index in [-0.39, 0.29) is 0 Å². The van der Waals surface area contributed by atoms with Gasteiger partial charge in [-0.05, 0) is 131 Å². The minimum absolute atomic E-state index is 0.604. The van der Waals surface area contributed by atoms with Gasteiger partial charge in [-0.15, -0.1) is 11.3 Å². The first-order valence-electron chi connectivity index (χ1n) is 25.6. The van der Waals surface area contributed by atoms with Crippen molar-refractivity contribution in [2.24, 2.45) is 0 Å². The Morgan fingerprint density at radius 3 is 1.21 bits per heavy atom. The molecule has 0 fully saturated rings. The molecule has 11 aromatic carbocycles. The Hall–Kier alpha value is -9.95. The van der Waals surface area contributed by atoms with Gasteiger partial charge in [-0.1, -0.05) is 140 Å². The van der Waals surface area contributed by atoms with Crippen LogP contribution in [0.4, 0.5) is 0 Å². The molecule has 0 saturated carbocycles. The van der Waals surface area contributed by atoms with Gasteiger partial charge in [0.25, 0.3) is 0 Å². The maximum atomic E-state index is 6.50. The molecule has 0 saturated heterocycles. The summed E-state index contributed by atoms with van der Waals surface area (Å²) in [4.78, 5) is 15.0. The fraction of sp³-hybridized carbons (Fsp3) is 0. The Bertz CT molecular complexity index is 4930. The van der Waals surface area contributed by atoms with Crippen molar-refractivity contribution in [2.45, 2.75) is 0 Å². The zero-order chi connectivity index (χ0) is 49.8. The standard InChI is InChI=1S/C69H41N5OS/c1-4-14-42(15-5-1)67-70-68(43-16-6-2-7-17-43)72-69(71-67)48-26-32-63-55(40-48)56-41-50(29-33-64(56)75-63)74-60-23-13-11-21-52(60)54-37-45(25-31-62(54)74)47-28-35-66-58(39-47)57-38-46(27-34-65(57)76-66)44-24-30-61-53(36-44)51-20-10-12-22-59(51)73(61)49-18-8-3-9-19-49/h1-41H. The van der Waals surface area contributed by atoms with E-state index < -0.39 is 0 Å². The summed E-state index contributed by atoms with van der Waals surface area (Å²) in [6.45, 7) is 0. The zero-order valence-corrected chi connectivity index (χ0v) is 41.5. The smallest absolute Gasteiger partial charge is 0.164 e. The summed E-state index contributed by atoms with van der Waals surface area (Å²) in [6.07, 6.45) is 0. The average molecular weight is 988 g/mol. The summed E-state index contributed by atoms with van der Waals surface area (Å²) < 4.78 is 13.8. The summed E-state index contributed by atoms with van der Waals surface area (Å²) in [5.74, 6) is 1.86. The lowest BCUT2D eigenvalue weighted by Crippen LogP contribution is -2.00. The van der Waals surface area contributed by atoms with Crippen molar-refractivity contribution in [3.05, 3.63) is 249 Å². The van der Waals surface area contributed by atoms with E-state index >= 15 is 0 Å². The second-order valence-corrected chi connectivity index (χ2v) is 20.6. The van der Waals surface area contributed by atoms with Crippen LogP contribution in [-0.4, -0.2) is 24.1 Å². The fourth-order valence-corrected chi connectivity index (χ4v) is 12.6. The number of thiophene rings is 1. The second kappa shape index (κ2) is 16.8. The van der Waals surface area contributed by atoms with Crippen LogP contribution >= 0.6 is 11.3 Å². The Kier molecular flexibility index (Phi) is 9.40. The van der Waals surface area contributed by atoms with Crippen LogP contribution in [0.5, 0.6) is 0 Å². The number of hydrogen-bond donors (Lipinski definition) is 0. The quantitative estimate of drug-likeness (QED) is 0.160. The molecule has 0 unspecified atom stereocenters. The first-order valence-corrected chi connectivity index (χ1v) is 26.4. The highest BCUT2D eigenvalue weighted by atomic mass is 32.1. The molecule has 7 heteroatoms. The summed E-state index contributed by atoms with van der Waals surface area (Å²) in [6, 6.07) is 88.9. The molecule has 5 aromatic heterocycles. The maximum absolute atomic E-state index is 6.50. The van der Waals surface area contributed by atoms with Gasteiger partial charge >= 0.3 is 0 Å². The van der Waals surface area contributed by atoms with Gasteiger partial charge in [-0.25, -0.2) is 15.0 Å². The van der Waals surface area contributed by atoms with E-state index in [1.54, 1.807) is 0 Å². The summed E-state index contributed by atoms with van der Waals surface area (Å²) in [5, 5.41) is 9.48. The molecule has 0 radical (unpaired) electrons. The van der Waals surface area contributed by atoms with E-state index in [2.05, 4.69) is 185 Å². The number of nitrogens with zero attached hydrogens (tertiary/aromatic N) is 5. The molecular weight excluding hydrogens is 947 g/mol. The van der Waals surface area contributed by atoms with E-state index in [1.807, 2.05) is 84.1 Å². The van der Waals surface area contributed by atoms with Gasteiger partial charge in [0.15, 0.2) is 17.5 Å². The van der Waals surface area contributed by atoms with Crippen molar-refractivity contribution in [3.63, 3.8) is 0 Å². The number of para-hydroxylation sites is 3. The Morgan fingerprint density at radius 2 is 0.658 bits per heavy atom. The molecule has 0 atom stereocenters. The van der Waals surface area contributed by atoms with Crippen molar-refractivity contribution >= 4 is 97.1 Å². The largest absolute Gasteiger partial charge is 0.456 e. The van der Waals surface area contributed by atoms with E-state index in [0.29, 0.717) is 17.5 Å². The molecule has 0 aliphatic heterocycles. The van der Waals surface area contributed by atoms with Crippen LogP contribution in [0.15, 0.2) is 253 Å². The van der Waals surface area contributed by atoms with Crippen molar-refractivity contribution < 1.29 is 4.42 Å². The topological polar surface area (TPSA) is 61.7 Å². The Balaban J connectivity index is 0.780. The van der Waals surface area contributed by atoms with Crippen LogP contribution < -0.4 is 0 Å². The molecule has 0 spiro atoms. The van der Waals surface area contributed by atoms with Gasteiger partial charge < -0.3 is 13.6 Å². The molecule has 0 aliphatic rings. The van der Waals surface area contributed by atoms with Crippen molar-refractivity contribution in [2.75, 3.05) is 0 Å². The first kappa shape index (κ1) is 42.5. The summed E-state index contributed by atoms with van der Waals surface area (Å²) in [5.41, 5.74) is 16.1. The zero-order valence-electron chi connectivity index (χ0n) is 40.7. The molecule has 76 heavy (non-hydrogen) atoms. The van der Waals surface area contributed by atoms with E-state index in [4.69, 9.17) is 19.4 Å². The molecule has 0 amide bonds. The van der Waals surface area contributed by atoms with Gasteiger partial charge in [-0.2, -0.15) is 0 Å². The van der Waals surface area contributed by atoms with Crippen LogP contribution in [0.2, 0.25) is 0 Å². The highest BCUT2D eigenvalue weighted by Gasteiger charge is 2.19. The summed E-state index contributed by atoms with van der Waals surface area (Å²) in [7, 11) is 0. The Morgan fingerprint density at radius 1 is 0.263 bits per heavy atom. The van der Waals surface area contributed by atoms with Crippen LogP contribution in [0.25, 0.3) is 154 Å². The average Bonchev–Trinajstić information content (AvgIpc) is 4.29. The predicted molar refractivity (Wildman–Crippen MR) is 316 cm³/mol. The highest BCUT2D eigenvalue weighted by molar-refractivity contribution is 7.25. The van der Waals surface area contributed by atoms with Gasteiger partial charge in [0.1, 0.15) is 11.2 Å². The van der Waals surface area contributed by atoms with Crippen molar-refractivity contribution in [3.8, 4) is 67.8 Å². The van der Waals surface area contributed by atoms with Crippen molar-refractivity contribution in [1.29, 1.82) is 0 Å². The Labute approximate surface area is 439 Å². The van der Waals surface area contributed by atoms with E-state index in [1.165, 1.54) is 80.7 Å². The van der Waals surface area contributed by atoms with Crippen LogP contribution in [0, 0.1) is 0 Å². The number of benzene rings is 11. The SMILES string of the molecule is c1ccc(-c2nc(-c3ccccc3)nc(-c3ccc4oc5ccc(-n6c7ccccc7c7cc(-c8ccc9sc%10ccc(-c%11ccc%12c(c%11)c%11ccccc%11n%12-c%11ccccc%11)cc%10c9c8)ccc76)cc5c4c3)n2)cc1. The van der Waals surface area contributed by atoms with Gasteiger partial charge in [-0.3, -0.25) is 0 Å². The number of rotatable bonds is 7. The second-order valence-electron chi connectivity index (χ2n) is 19.6. The van der Waals surface area contributed by atoms with Gasteiger partial charge in [0.2, 0.25) is 0 Å². The number of hydrogen-bond acceptors (Lipinski definition) is 5. The number of aromatic nitrogens is 5. The third-order valence-corrected chi connectivity index (χ3v) is 16.3. The lowest BCUT2D eigenvalue weighted by atomic mass is 9.98. The predicted octanol–water partition coefficient (Wildman–Crippen LogP) is 18.7. The molecule has 354 valence electrons. The molecular formula is C69H41N5OS. The molecule has 0 aliphatic carbocycles. The number of furan rings is 1. The maximum Gasteiger partial charge on any atom is 0.164 e. The molecule has 16 rings (SSSR count). The normalized spacial score (nSPS) is 11.9. The van der Waals surface area contributed by atoms with Crippen molar-refractivity contribution in [1.82, 2.24) is 24.1 Å². The molecule has 16 aromatic rings.